The van der Waals surface area contributed by atoms with Gasteiger partial charge in [-0.25, -0.2) is 4.98 Å². The van der Waals surface area contributed by atoms with Crippen LogP contribution in [0.4, 0.5) is 0 Å². The van der Waals surface area contributed by atoms with Gasteiger partial charge < -0.3 is 10.7 Å². The highest BCUT2D eigenvalue weighted by atomic mass is 32.1. The maximum Gasteiger partial charge on any atom is 0.268 e. The monoisotopic (exact) mass is 315 g/mol. The summed E-state index contributed by atoms with van der Waals surface area (Å²) in [6, 6.07) is 2.06. The second kappa shape index (κ2) is 5.03. The fourth-order valence-electron chi connectivity index (χ4n) is 3.19. The molecule has 0 radical (unpaired) electrons. The van der Waals surface area contributed by atoms with Gasteiger partial charge in [-0.15, -0.1) is 11.3 Å². The SMILES string of the molecule is Cc1[nH]ncc1-c1cc2nc(C3CCCC3N)[nH]c(=O)c2s1. The van der Waals surface area contributed by atoms with E-state index in [1.807, 2.05) is 13.0 Å². The molecule has 3 aromatic heterocycles. The maximum absolute atomic E-state index is 12.4. The van der Waals surface area contributed by atoms with Crippen molar-refractivity contribution in [3.8, 4) is 10.4 Å². The standard InChI is InChI=1S/C15H17N5OS/c1-7-9(6-17-20-7)12-5-11-13(22-12)15(21)19-14(18-11)8-3-2-4-10(8)16/h5-6,8,10H,2-4,16H2,1H3,(H,17,20)(H,18,19,21). The minimum absolute atomic E-state index is 0.0727. The van der Waals surface area contributed by atoms with Gasteiger partial charge in [0, 0.05) is 28.1 Å². The molecule has 0 aliphatic heterocycles. The first-order valence-electron chi connectivity index (χ1n) is 7.43. The number of H-pyrrole nitrogens is 2. The molecule has 2 atom stereocenters. The Bertz CT molecular complexity index is 893. The summed E-state index contributed by atoms with van der Waals surface area (Å²) in [7, 11) is 0. The molecule has 3 heterocycles. The fraction of sp³-hybridized carbons (Fsp3) is 0.400. The zero-order valence-electron chi connectivity index (χ0n) is 12.2. The van der Waals surface area contributed by atoms with E-state index in [9.17, 15) is 4.79 Å². The number of nitrogens with two attached hydrogens (primary N) is 1. The highest BCUT2D eigenvalue weighted by Crippen LogP contribution is 2.34. The molecule has 0 bridgehead atoms. The number of nitrogens with one attached hydrogen (secondary N) is 2. The summed E-state index contributed by atoms with van der Waals surface area (Å²) in [6.45, 7) is 1.97. The first-order chi connectivity index (χ1) is 10.6. The summed E-state index contributed by atoms with van der Waals surface area (Å²) in [6.07, 6.45) is 4.86. The molecule has 1 aliphatic rings. The molecule has 0 spiro atoms. The van der Waals surface area contributed by atoms with Gasteiger partial charge in [-0.2, -0.15) is 5.10 Å². The summed E-state index contributed by atoms with van der Waals surface area (Å²) >= 11 is 1.45. The predicted octanol–water partition coefficient (Wildman–Crippen LogP) is 2.28. The molecule has 3 aromatic rings. The number of fused-ring (bicyclic) bond motifs is 1. The molecule has 6 nitrogen and oxygen atoms in total. The van der Waals surface area contributed by atoms with Gasteiger partial charge in [0.15, 0.2) is 0 Å². The third kappa shape index (κ3) is 2.08. The van der Waals surface area contributed by atoms with E-state index in [0.717, 1.165) is 46.7 Å². The molecule has 7 heteroatoms. The normalized spacial score (nSPS) is 21.7. The van der Waals surface area contributed by atoms with Crippen LogP contribution in [0, 0.1) is 6.92 Å². The highest BCUT2D eigenvalue weighted by molar-refractivity contribution is 7.22. The lowest BCUT2D eigenvalue weighted by Gasteiger charge is -2.13. The predicted molar refractivity (Wildman–Crippen MR) is 87.1 cm³/mol. The van der Waals surface area contributed by atoms with Crippen LogP contribution in [0.25, 0.3) is 20.7 Å². The first kappa shape index (κ1) is 13.7. The van der Waals surface area contributed by atoms with Gasteiger partial charge in [0.1, 0.15) is 10.5 Å². The van der Waals surface area contributed by atoms with Gasteiger partial charge in [-0.1, -0.05) is 6.42 Å². The van der Waals surface area contributed by atoms with Crippen LogP contribution in [0.15, 0.2) is 17.1 Å². The minimum Gasteiger partial charge on any atom is -0.327 e. The molecule has 4 N–H and O–H groups in total. The van der Waals surface area contributed by atoms with Gasteiger partial charge in [-0.05, 0) is 25.8 Å². The lowest BCUT2D eigenvalue weighted by Crippen LogP contribution is -2.26. The number of aryl methyl sites for hydroxylation is 1. The molecule has 2 unspecified atom stereocenters. The van der Waals surface area contributed by atoms with Crippen molar-refractivity contribution in [2.24, 2.45) is 5.73 Å². The number of thiophene rings is 1. The zero-order chi connectivity index (χ0) is 15.3. The Labute approximate surface area is 130 Å². The van der Waals surface area contributed by atoms with E-state index in [1.54, 1.807) is 6.20 Å². The number of aromatic amines is 2. The number of hydrogen-bond acceptors (Lipinski definition) is 5. The van der Waals surface area contributed by atoms with Crippen LogP contribution in [-0.4, -0.2) is 26.2 Å². The summed E-state index contributed by atoms with van der Waals surface area (Å²) in [5.41, 5.74) is 8.81. The van der Waals surface area contributed by atoms with Gasteiger partial charge in [-0.3, -0.25) is 9.89 Å². The Morgan fingerprint density at radius 3 is 2.95 bits per heavy atom. The van der Waals surface area contributed by atoms with Crippen LogP contribution in [0.1, 0.15) is 36.7 Å². The quantitative estimate of drug-likeness (QED) is 0.675. The zero-order valence-corrected chi connectivity index (χ0v) is 13.0. The lowest BCUT2D eigenvalue weighted by atomic mass is 10.0. The fourth-order valence-corrected chi connectivity index (χ4v) is 4.25. The van der Waals surface area contributed by atoms with Gasteiger partial charge >= 0.3 is 0 Å². The molecular formula is C15H17N5OS. The van der Waals surface area contributed by atoms with E-state index in [4.69, 9.17) is 5.73 Å². The van der Waals surface area contributed by atoms with Crippen LogP contribution >= 0.6 is 11.3 Å². The van der Waals surface area contributed by atoms with Gasteiger partial charge in [0.2, 0.25) is 0 Å². The van der Waals surface area contributed by atoms with E-state index >= 15 is 0 Å². The summed E-state index contributed by atoms with van der Waals surface area (Å²) in [5, 5.41) is 6.96. The third-order valence-electron chi connectivity index (χ3n) is 4.42. The molecule has 22 heavy (non-hydrogen) atoms. The molecule has 4 rings (SSSR count). The van der Waals surface area contributed by atoms with Crippen molar-refractivity contribution in [2.45, 2.75) is 38.1 Å². The van der Waals surface area contributed by atoms with Crippen molar-refractivity contribution in [3.05, 3.63) is 34.1 Å². The molecule has 114 valence electrons. The smallest absolute Gasteiger partial charge is 0.268 e. The average Bonchev–Trinajstić information content (AvgIpc) is 3.17. The van der Waals surface area contributed by atoms with E-state index in [1.165, 1.54) is 11.3 Å². The van der Waals surface area contributed by atoms with Gasteiger partial charge in [0.05, 0.1) is 11.7 Å². The second-order valence-electron chi connectivity index (χ2n) is 5.89. The van der Waals surface area contributed by atoms with Crippen LogP contribution in [0.3, 0.4) is 0 Å². The van der Waals surface area contributed by atoms with Crippen LogP contribution in [-0.2, 0) is 0 Å². The Morgan fingerprint density at radius 1 is 1.41 bits per heavy atom. The summed E-state index contributed by atoms with van der Waals surface area (Å²) in [5.74, 6) is 0.895. The number of rotatable bonds is 2. The van der Waals surface area contributed by atoms with Crippen molar-refractivity contribution < 1.29 is 0 Å². The molecular weight excluding hydrogens is 298 g/mol. The molecule has 1 saturated carbocycles. The maximum atomic E-state index is 12.4. The number of hydrogen-bond donors (Lipinski definition) is 3. The topological polar surface area (TPSA) is 100 Å². The average molecular weight is 315 g/mol. The van der Waals surface area contributed by atoms with Crippen molar-refractivity contribution in [1.29, 1.82) is 0 Å². The minimum atomic E-state index is -0.0727. The largest absolute Gasteiger partial charge is 0.327 e. The van der Waals surface area contributed by atoms with E-state index < -0.39 is 0 Å². The summed E-state index contributed by atoms with van der Waals surface area (Å²) in [4.78, 5) is 21.0. The van der Waals surface area contributed by atoms with E-state index in [2.05, 4.69) is 20.2 Å². The molecule has 0 amide bonds. The molecule has 1 aliphatic carbocycles. The van der Waals surface area contributed by atoms with Crippen LogP contribution in [0.2, 0.25) is 0 Å². The Kier molecular flexibility index (Phi) is 3.12. The molecule has 1 fully saturated rings. The molecule has 0 aromatic carbocycles. The molecule has 0 saturated heterocycles. The van der Waals surface area contributed by atoms with E-state index in [-0.39, 0.29) is 17.5 Å². The van der Waals surface area contributed by atoms with Crippen molar-refractivity contribution in [3.63, 3.8) is 0 Å². The van der Waals surface area contributed by atoms with Crippen molar-refractivity contribution in [1.82, 2.24) is 20.2 Å². The number of nitrogens with zero attached hydrogens (tertiary/aromatic N) is 2. The van der Waals surface area contributed by atoms with Crippen LogP contribution < -0.4 is 11.3 Å². The number of aromatic nitrogens is 4. The Morgan fingerprint density at radius 2 is 2.27 bits per heavy atom. The Balaban J connectivity index is 1.85. The lowest BCUT2D eigenvalue weighted by molar-refractivity contribution is 0.582. The Hall–Kier alpha value is -1.99. The van der Waals surface area contributed by atoms with E-state index in [0.29, 0.717) is 4.70 Å². The highest BCUT2D eigenvalue weighted by Gasteiger charge is 2.28. The van der Waals surface area contributed by atoms with Crippen molar-refractivity contribution >= 4 is 21.6 Å². The second-order valence-corrected chi connectivity index (χ2v) is 6.94. The third-order valence-corrected chi connectivity index (χ3v) is 5.57. The van der Waals surface area contributed by atoms with Crippen LogP contribution in [0.5, 0.6) is 0 Å². The summed E-state index contributed by atoms with van der Waals surface area (Å²) < 4.78 is 0.658. The van der Waals surface area contributed by atoms with Gasteiger partial charge in [0.25, 0.3) is 5.56 Å². The van der Waals surface area contributed by atoms with Crippen molar-refractivity contribution in [2.75, 3.05) is 0 Å². The first-order valence-corrected chi connectivity index (χ1v) is 8.25.